The second-order valence-electron chi connectivity index (χ2n) is 0.816. The molecule has 0 aromatic carbocycles. The van der Waals surface area contributed by atoms with Gasteiger partial charge in [0.2, 0.25) is 0 Å². The van der Waals surface area contributed by atoms with Gasteiger partial charge in [-0.25, -0.2) is 0 Å². The van der Waals surface area contributed by atoms with Crippen molar-refractivity contribution in [3.63, 3.8) is 0 Å². The molecule has 0 aromatic heterocycles. The van der Waals surface area contributed by atoms with Gasteiger partial charge in [-0.2, -0.15) is 0 Å². The van der Waals surface area contributed by atoms with Crippen molar-refractivity contribution < 1.29 is 137 Å². The van der Waals surface area contributed by atoms with Crippen molar-refractivity contribution in [3.8, 4) is 0 Å². The summed E-state index contributed by atoms with van der Waals surface area (Å²) in [5.74, 6) is 0. The van der Waals surface area contributed by atoms with Crippen molar-refractivity contribution in [2.24, 2.45) is 0 Å². The van der Waals surface area contributed by atoms with Crippen LogP contribution in [0.2, 0.25) is 0 Å². The first-order valence-corrected chi connectivity index (χ1v) is 6.00. The maximum Gasteiger partial charge on any atom is 1.00 e. The predicted octanol–water partition coefficient (Wildman–Crippen LogP) is -11.0. The standard InChI is InChI=1S/Au.3Na.2H2O3S2/c;;;;2*1-5(2,3)4/h;;;;2*(H2,1,2,3,4)/q4*+1;;/p-4. The van der Waals surface area contributed by atoms with E-state index in [-0.39, 0.29) is 111 Å². The molecular formula is AuNa3O6S4. The molecule has 0 aliphatic carbocycles. The molecule has 0 radical (unpaired) electrons. The zero-order valence-electron chi connectivity index (χ0n) is 7.38. The van der Waals surface area contributed by atoms with Crippen LogP contribution in [0.3, 0.4) is 0 Å². The van der Waals surface area contributed by atoms with E-state index in [0.29, 0.717) is 0 Å². The van der Waals surface area contributed by atoms with Crippen LogP contribution >= 0.6 is 0 Å². The largest absolute Gasteiger partial charge is 1.00 e. The third-order valence-corrected chi connectivity index (χ3v) is 0. The van der Waals surface area contributed by atoms with E-state index in [1.54, 1.807) is 0 Å². The molecule has 0 aromatic rings. The van der Waals surface area contributed by atoms with Crippen molar-refractivity contribution in [1.82, 2.24) is 0 Å². The number of hydrogen-bond acceptors (Lipinski definition) is 8. The van der Waals surface area contributed by atoms with Crippen molar-refractivity contribution in [3.05, 3.63) is 0 Å². The fourth-order valence-electron chi connectivity index (χ4n) is 0. The van der Waals surface area contributed by atoms with Gasteiger partial charge in [-0.1, -0.05) is 0 Å². The summed E-state index contributed by atoms with van der Waals surface area (Å²) in [4.78, 5) is 0. The molecule has 0 fully saturated rings. The van der Waals surface area contributed by atoms with Crippen LogP contribution in [0.1, 0.15) is 0 Å². The smallest absolute Gasteiger partial charge is 0.768 e. The van der Waals surface area contributed by atoms with Crippen molar-refractivity contribution >= 4 is 41.6 Å². The van der Waals surface area contributed by atoms with Crippen molar-refractivity contribution in [1.29, 1.82) is 0 Å². The van der Waals surface area contributed by atoms with E-state index < -0.39 is 18.3 Å². The fourth-order valence-corrected chi connectivity index (χ4v) is 0. The van der Waals surface area contributed by atoms with E-state index in [4.69, 9.17) is 25.9 Å². The van der Waals surface area contributed by atoms with Crippen LogP contribution in [-0.4, -0.2) is 25.9 Å². The van der Waals surface area contributed by atoms with Gasteiger partial charge in [-0.15, -0.1) is 0 Å². The van der Waals surface area contributed by atoms with E-state index in [1.807, 2.05) is 0 Å². The van der Waals surface area contributed by atoms with Gasteiger partial charge < -0.3 is 32.4 Å². The third-order valence-electron chi connectivity index (χ3n) is 0. The monoisotopic (exact) mass is 490 g/mol. The first kappa shape index (κ1) is 36.2. The summed E-state index contributed by atoms with van der Waals surface area (Å²) in [6.07, 6.45) is 0. The summed E-state index contributed by atoms with van der Waals surface area (Å²) in [6, 6.07) is 0. The Morgan fingerprint density at radius 2 is 0.714 bits per heavy atom. The van der Waals surface area contributed by atoms with Gasteiger partial charge in [0, 0.05) is 0 Å². The molecule has 6 nitrogen and oxygen atoms in total. The minimum absolute atomic E-state index is 0. The van der Waals surface area contributed by atoms with Crippen LogP contribution in [0.25, 0.3) is 0 Å². The van der Waals surface area contributed by atoms with E-state index in [0.717, 1.165) is 0 Å². The predicted molar refractivity (Wildman–Crippen MR) is 34.1 cm³/mol. The van der Waals surface area contributed by atoms with E-state index >= 15 is 0 Å². The molecule has 0 heterocycles. The fraction of sp³-hybridized carbons (Fsp3) is 0. The summed E-state index contributed by atoms with van der Waals surface area (Å²) in [6.45, 7) is 0. The van der Waals surface area contributed by atoms with Gasteiger partial charge in [-0.05, 0) is 18.3 Å². The Kier molecular flexibility index (Phi) is 44.6. The second-order valence-corrected chi connectivity index (χ2v) is 4.90. The van der Waals surface area contributed by atoms with Crippen molar-refractivity contribution in [2.45, 2.75) is 0 Å². The van der Waals surface area contributed by atoms with Gasteiger partial charge in [0.25, 0.3) is 0 Å². The maximum atomic E-state index is 8.89. The Morgan fingerprint density at radius 1 is 0.714 bits per heavy atom. The van der Waals surface area contributed by atoms with Crippen LogP contribution in [-0.2, 0) is 64.0 Å². The quantitative estimate of drug-likeness (QED) is 0.142. The Bertz CT molecular complexity index is 221. The van der Waals surface area contributed by atoms with E-state index in [9.17, 15) is 0 Å². The zero-order valence-corrected chi connectivity index (χ0v) is 18.8. The first-order chi connectivity index (χ1) is 4.00. The third kappa shape index (κ3) is 209. The van der Waals surface area contributed by atoms with Crippen LogP contribution < -0.4 is 88.7 Å². The molecule has 0 amide bonds. The van der Waals surface area contributed by atoms with Crippen LogP contribution in [0.4, 0.5) is 0 Å². The molecule has 0 aliphatic rings. The summed E-state index contributed by atoms with van der Waals surface area (Å²) in [5.41, 5.74) is 0. The molecule has 0 saturated heterocycles. The molecule has 14 heavy (non-hydrogen) atoms. The Hall–Kier alpha value is 4.26. The Labute approximate surface area is 175 Å². The molecule has 0 spiro atoms. The normalized spacial score (nSPS) is 8.29. The van der Waals surface area contributed by atoms with E-state index in [2.05, 4.69) is 23.3 Å². The molecule has 0 N–H and O–H groups in total. The maximum absolute atomic E-state index is 8.89. The topological polar surface area (TPSA) is 114 Å². The second kappa shape index (κ2) is 17.3. The molecule has 0 atom stereocenters. The van der Waals surface area contributed by atoms with Gasteiger partial charge in [0.05, 0.1) is 0 Å². The van der Waals surface area contributed by atoms with Gasteiger partial charge >= 0.3 is 111 Å². The molecule has 0 unspecified atom stereocenters. The minimum atomic E-state index is -4.33. The number of rotatable bonds is 0. The van der Waals surface area contributed by atoms with Gasteiger partial charge in [0.15, 0.2) is 0 Å². The summed E-state index contributed by atoms with van der Waals surface area (Å²) >= 11 is 6.49. The SMILES string of the molecule is O=S(=O)([O-])[S-].O=S(=O)([O-])[S-].[Au+].[Na+].[Na+].[Na+]. The van der Waals surface area contributed by atoms with Crippen LogP contribution in [0.15, 0.2) is 0 Å². The minimum Gasteiger partial charge on any atom is -0.768 e. The van der Waals surface area contributed by atoms with Crippen LogP contribution in [0, 0.1) is 0 Å². The van der Waals surface area contributed by atoms with Crippen LogP contribution in [0.5, 0.6) is 0 Å². The molecule has 0 bridgehead atoms. The molecule has 0 aliphatic heterocycles. The molecule has 0 saturated carbocycles. The zero-order chi connectivity index (χ0) is 9.00. The average molecular weight is 490 g/mol. The summed E-state index contributed by atoms with van der Waals surface area (Å²) < 4.78 is 53.3. The van der Waals surface area contributed by atoms with Gasteiger partial charge in [-0.3, -0.25) is 16.8 Å². The summed E-state index contributed by atoms with van der Waals surface area (Å²) in [5, 5.41) is 0. The Balaban J connectivity index is -0.0000000178. The molecule has 14 heteroatoms. The molecule has 74 valence electrons. The molecular weight excluding hydrogens is 490 g/mol. The van der Waals surface area contributed by atoms with Crippen molar-refractivity contribution in [2.75, 3.05) is 0 Å². The van der Waals surface area contributed by atoms with E-state index in [1.165, 1.54) is 0 Å². The summed E-state index contributed by atoms with van der Waals surface area (Å²) in [7, 11) is -8.67. The number of hydrogen-bond donors (Lipinski definition) is 0. The average Bonchev–Trinajstić information content (AvgIpc) is 1.12. The first-order valence-electron chi connectivity index (χ1n) is 1.33. The Morgan fingerprint density at radius 3 is 0.714 bits per heavy atom. The molecule has 0 rings (SSSR count). The van der Waals surface area contributed by atoms with Gasteiger partial charge in [0.1, 0.15) is 0 Å².